The van der Waals surface area contributed by atoms with E-state index < -0.39 is 78.7 Å². The molecule has 14 N–H and O–H groups in total. The fourth-order valence-corrected chi connectivity index (χ4v) is 2.79. The molecule has 4 amide bonds. The Hall–Kier alpha value is -3.99. The lowest BCUT2D eigenvalue weighted by atomic mass is 10.1. The van der Waals surface area contributed by atoms with Crippen LogP contribution in [0.3, 0.4) is 0 Å². The highest BCUT2D eigenvalue weighted by Crippen LogP contribution is 2.04. The van der Waals surface area contributed by atoms with Gasteiger partial charge in [0.25, 0.3) is 0 Å². The van der Waals surface area contributed by atoms with Crippen molar-refractivity contribution in [1.82, 2.24) is 16.0 Å². The number of nitrogens with two attached hydrogens (primary N) is 4. The van der Waals surface area contributed by atoms with Gasteiger partial charge in [-0.15, -0.1) is 0 Å². The van der Waals surface area contributed by atoms with Gasteiger partial charge >= 0.3 is 11.9 Å². The Balaban J connectivity index is 5.62. The number of carboxylic acid groups (broad SMARTS) is 2. The molecule has 0 aromatic rings. The number of nitrogens with zero attached hydrogens (tertiary/aromatic N) is 1. The van der Waals surface area contributed by atoms with Crippen LogP contribution in [0.2, 0.25) is 0 Å². The Kier molecular flexibility index (Phi) is 14.1. The lowest BCUT2D eigenvalue weighted by Gasteiger charge is -2.25. The van der Waals surface area contributed by atoms with Crippen molar-refractivity contribution in [2.45, 2.75) is 69.3 Å². The second kappa shape index (κ2) is 15.8. The predicted molar refractivity (Wildman–Crippen MR) is 124 cm³/mol. The fraction of sp³-hybridized carbons (Fsp3) is 0.632. The number of carbonyl (C=O) groups is 6. The first-order valence-electron chi connectivity index (χ1n) is 10.8. The van der Waals surface area contributed by atoms with E-state index in [1.807, 2.05) is 5.32 Å². The number of guanidine groups is 1. The van der Waals surface area contributed by atoms with Gasteiger partial charge in [0.2, 0.25) is 23.6 Å². The maximum atomic E-state index is 12.9. The van der Waals surface area contributed by atoms with Crippen LogP contribution in [0, 0.1) is 0 Å². The first-order chi connectivity index (χ1) is 16.6. The van der Waals surface area contributed by atoms with E-state index in [0.717, 1.165) is 6.92 Å². The van der Waals surface area contributed by atoms with E-state index in [0.29, 0.717) is 0 Å². The van der Waals surface area contributed by atoms with Crippen LogP contribution in [0.25, 0.3) is 0 Å². The second-order valence-corrected chi connectivity index (χ2v) is 7.85. The molecule has 36 heavy (non-hydrogen) atoms. The molecule has 0 bridgehead atoms. The van der Waals surface area contributed by atoms with Crippen molar-refractivity contribution in [3.63, 3.8) is 0 Å². The van der Waals surface area contributed by atoms with Gasteiger partial charge in [-0.1, -0.05) is 0 Å². The molecule has 0 saturated carbocycles. The molecule has 0 radical (unpaired) electrons. The molecule has 0 aliphatic carbocycles. The molecule has 0 rings (SSSR count). The van der Waals surface area contributed by atoms with Crippen LogP contribution in [0.5, 0.6) is 0 Å². The molecule has 0 saturated heterocycles. The summed E-state index contributed by atoms with van der Waals surface area (Å²) in [4.78, 5) is 75.0. The monoisotopic (exact) mass is 518 g/mol. The van der Waals surface area contributed by atoms with Gasteiger partial charge in [-0.25, -0.2) is 4.79 Å². The third-order valence-electron chi connectivity index (χ3n) is 4.67. The summed E-state index contributed by atoms with van der Waals surface area (Å²) in [6.07, 6.45) is -2.73. The number of aliphatic carboxylic acids is 2. The van der Waals surface area contributed by atoms with Crippen LogP contribution in [0.1, 0.15) is 39.0 Å². The van der Waals surface area contributed by atoms with Gasteiger partial charge in [-0.3, -0.25) is 29.0 Å². The average Bonchev–Trinajstić information content (AvgIpc) is 2.75. The summed E-state index contributed by atoms with van der Waals surface area (Å²) in [5.74, 6) is -6.90. The van der Waals surface area contributed by atoms with Crippen LogP contribution >= 0.6 is 0 Å². The van der Waals surface area contributed by atoms with Crippen molar-refractivity contribution in [2.75, 3.05) is 6.54 Å². The highest BCUT2D eigenvalue weighted by Gasteiger charge is 2.32. The number of carbonyl (C=O) groups excluding carboxylic acids is 4. The summed E-state index contributed by atoms with van der Waals surface area (Å²) in [7, 11) is 0. The van der Waals surface area contributed by atoms with E-state index in [2.05, 4.69) is 15.6 Å². The molecule has 17 heteroatoms. The largest absolute Gasteiger partial charge is 0.481 e. The van der Waals surface area contributed by atoms with Crippen LogP contribution in [0.15, 0.2) is 4.99 Å². The van der Waals surface area contributed by atoms with Crippen molar-refractivity contribution >= 4 is 41.5 Å². The number of aliphatic hydroxyl groups is 1. The van der Waals surface area contributed by atoms with Gasteiger partial charge in [-0.2, -0.15) is 0 Å². The molecule has 5 unspecified atom stereocenters. The Morgan fingerprint density at radius 2 is 1.42 bits per heavy atom. The molecule has 0 aromatic carbocycles. The van der Waals surface area contributed by atoms with Gasteiger partial charge in [0.1, 0.15) is 12.1 Å². The van der Waals surface area contributed by atoms with Gasteiger partial charge in [0.15, 0.2) is 12.0 Å². The van der Waals surface area contributed by atoms with E-state index in [4.69, 9.17) is 33.1 Å². The average molecular weight is 519 g/mol. The van der Waals surface area contributed by atoms with E-state index in [9.17, 15) is 33.9 Å². The normalized spacial score (nSPS) is 14.8. The molecule has 0 aliphatic heterocycles. The SMILES string of the molecule is CC(O)C(NC(=O)C(CC(N)=O)NC(=O)C(CCCN=C(N)N)NC(=O)C(N)CCC(=O)O)C(=O)O. The van der Waals surface area contributed by atoms with Crippen LogP contribution in [-0.4, -0.2) is 93.7 Å². The number of rotatable bonds is 17. The minimum absolute atomic E-state index is 0.0592. The third-order valence-corrected chi connectivity index (χ3v) is 4.67. The molecule has 0 fully saturated rings. The van der Waals surface area contributed by atoms with Gasteiger partial charge in [0.05, 0.1) is 18.6 Å². The molecular formula is C19H34N8O9. The quantitative estimate of drug-likeness (QED) is 0.0491. The number of nitrogens with one attached hydrogen (secondary N) is 3. The van der Waals surface area contributed by atoms with Crippen molar-refractivity contribution < 1.29 is 44.1 Å². The Morgan fingerprint density at radius 3 is 1.89 bits per heavy atom. The Morgan fingerprint density at radius 1 is 0.861 bits per heavy atom. The number of hydrogen-bond donors (Lipinski definition) is 10. The summed E-state index contributed by atoms with van der Waals surface area (Å²) in [6.45, 7) is 1.18. The molecule has 204 valence electrons. The van der Waals surface area contributed by atoms with Gasteiger partial charge in [0, 0.05) is 13.0 Å². The van der Waals surface area contributed by atoms with Crippen molar-refractivity contribution in [3.8, 4) is 0 Å². The predicted octanol–water partition coefficient (Wildman–Crippen LogP) is -4.97. The van der Waals surface area contributed by atoms with Crippen molar-refractivity contribution in [3.05, 3.63) is 0 Å². The zero-order valence-corrected chi connectivity index (χ0v) is 19.7. The summed E-state index contributed by atoms with van der Waals surface area (Å²) in [6, 6.07) is -5.97. The third kappa shape index (κ3) is 13.0. The smallest absolute Gasteiger partial charge is 0.328 e. The molecular weight excluding hydrogens is 484 g/mol. The summed E-state index contributed by atoms with van der Waals surface area (Å²) < 4.78 is 0. The highest BCUT2D eigenvalue weighted by atomic mass is 16.4. The Bertz CT molecular complexity index is 845. The number of hydrogen-bond acceptors (Lipinski definition) is 9. The topological polar surface area (TPSA) is 316 Å². The van der Waals surface area contributed by atoms with Gasteiger partial charge in [-0.05, 0) is 26.2 Å². The van der Waals surface area contributed by atoms with E-state index >= 15 is 0 Å². The Labute approximate surface area is 206 Å². The zero-order valence-electron chi connectivity index (χ0n) is 19.7. The van der Waals surface area contributed by atoms with Crippen LogP contribution in [0.4, 0.5) is 0 Å². The minimum Gasteiger partial charge on any atom is -0.481 e. The molecule has 0 spiro atoms. The first-order valence-corrected chi connectivity index (χ1v) is 10.8. The summed E-state index contributed by atoms with van der Waals surface area (Å²) >= 11 is 0. The molecule has 0 heterocycles. The molecule has 17 nitrogen and oxygen atoms in total. The summed E-state index contributed by atoms with van der Waals surface area (Å²) in [5.41, 5.74) is 21.3. The standard InChI is InChI=1S/C19H34N8O9/c1-8(28)14(18(35)36)27-17(34)11(7-12(21)29)26-16(33)10(3-2-6-24-19(22)23)25-15(32)9(20)4-5-13(30)31/h8-11,14,28H,2-7,20H2,1H3,(H2,21,29)(H,25,32)(H,26,33)(H,27,34)(H,30,31)(H,35,36)(H4,22,23,24). The van der Waals surface area contributed by atoms with Crippen LogP contribution < -0.4 is 38.9 Å². The lowest BCUT2D eigenvalue weighted by Crippen LogP contribution is -2.58. The number of aliphatic imine (C=N–C) groups is 1. The first kappa shape index (κ1) is 32.0. The number of aliphatic hydroxyl groups excluding tert-OH is 1. The highest BCUT2D eigenvalue weighted by molar-refractivity contribution is 5.96. The minimum atomic E-state index is -1.74. The zero-order chi connectivity index (χ0) is 28.0. The van der Waals surface area contributed by atoms with Crippen molar-refractivity contribution in [1.29, 1.82) is 0 Å². The second-order valence-electron chi connectivity index (χ2n) is 7.85. The van der Waals surface area contributed by atoms with E-state index in [1.165, 1.54) is 0 Å². The maximum absolute atomic E-state index is 12.9. The van der Waals surface area contributed by atoms with Gasteiger partial charge < -0.3 is 54.2 Å². The van der Waals surface area contributed by atoms with E-state index in [-0.39, 0.29) is 31.8 Å². The maximum Gasteiger partial charge on any atom is 0.328 e. The summed E-state index contributed by atoms with van der Waals surface area (Å²) in [5, 5.41) is 34.0. The number of primary amides is 1. The molecule has 0 aromatic heterocycles. The molecule has 0 aliphatic rings. The van der Waals surface area contributed by atoms with Crippen molar-refractivity contribution in [2.24, 2.45) is 27.9 Å². The van der Waals surface area contributed by atoms with E-state index in [1.54, 1.807) is 0 Å². The molecule has 5 atom stereocenters. The fourth-order valence-electron chi connectivity index (χ4n) is 2.79. The number of carboxylic acids is 2. The lowest BCUT2D eigenvalue weighted by molar-refractivity contribution is -0.145. The van der Waals surface area contributed by atoms with Crippen LogP contribution in [-0.2, 0) is 28.8 Å². The number of amides is 4.